The lowest BCUT2D eigenvalue weighted by atomic mass is 9.77. The molecule has 6 heteroatoms. The van der Waals surface area contributed by atoms with Crippen molar-refractivity contribution in [1.29, 1.82) is 0 Å². The number of hydrogen-bond donors (Lipinski definition) is 2. The number of aliphatic hydroxyl groups excluding tert-OH is 1. The van der Waals surface area contributed by atoms with Crippen molar-refractivity contribution < 1.29 is 23.4 Å². The smallest absolute Gasteiger partial charge is 0.387 e. The van der Waals surface area contributed by atoms with Crippen molar-refractivity contribution in [2.75, 3.05) is 6.61 Å². The monoisotopic (exact) mass is 271 g/mol. The summed E-state index contributed by atoms with van der Waals surface area (Å²) in [6.45, 7) is -3.04. The van der Waals surface area contributed by atoms with Gasteiger partial charge in [-0.25, -0.2) is 0 Å². The van der Waals surface area contributed by atoms with E-state index in [1.807, 2.05) is 0 Å². The fourth-order valence-corrected chi connectivity index (χ4v) is 2.05. The summed E-state index contributed by atoms with van der Waals surface area (Å²) in [7, 11) is 0. The molecule has 1 saturated carbocycles. The number of halogens is 2. The SMILES string of the molecule is O=C(NC1(CO)CCC1)c1cccc(OC(F)F)c1. The van der Waals surface area contributed by atoms with E-state index in [4.69, 9.17) is 0 Å². The Labute approximate surface area is 109 Å². The highest BCUT2D eigenvalue weighted by Gasteiger charge is 2.37. The second kappa shape index (κ2) is 5.52. The Kier molecular flexibility index (Phi) is 3.99. The molecule has 1 aromatic carbocycles. The molecule has 0 spiro atoms. The molecule has 2 rings (SSSR count). The maximum Gasteiger partial charge on any atom is 0.387 e. The highest BCUT2D eigenvalue weighted by molar-refractivity contribution is 5.95. The number of nitrogens with one attached hydrogen (secondary N) is 1. The third-order valence-electron chi connectivity index (χ3n) is 3.31. The molecule has 1 fully saturated rings. The number of ether oxygens (including phenoxy) is 1. The molecule has 1 aliphatic rings. The van der Waals surface area contributed by atoms with Crippen LogP contribution in [0.25, 0.3) is 0 Å². The molecule has 0 unspecified atom stereocenters. The topological polar surface area (TPSA) is 58.6 Å². The van der Waals surface area contributed by atoms with Gasteiger partial charge in [0.1, 0.15) is 5.75 Å². The van der Waals surface area contributed by atoms with Crippen LogP contribution < -0.4 is 10.1 Å². The van der Waals surface area contributed by atoms with Gasteiger partial charge in [0.15, 0.2) is 0 Å². The van der Waals surface area contributed by atoms with Gasteiger partial charge in [-0.1, -0.05) is 6.07 Å². The second-order valence-electron chi connectivity index (χ2n) is 4.65. The second-order valence-corrected chi connectivity index (χ2v) is 4.65. The fraction of sp³-hybridized carbons (Fsp3) is 0.462. The minimum Gasteiger partial charge on any atom is -0.435 e. The van der Waals surface area contributed by atoms with Gasteiger partial charge in [-0.15, -0.1) is 0 Å². The van der Waals surface area contributed by atoms with Crippen LogP contribution in [-0.2, 0) is 0 Å². The molecule has 1 amide bonds. The molecular weight excluding hydrogens is 256 g/mol. The molecule has 0 atom stereocenters. The molecule has 0 heterocycles. The molecule has 0 saturated heterocycles. The van der Waals surface area contributed by atoms with Crippen LogP contribution >= 0.6 is 0 Å². The van der Waals surface area contributed by atoms with Gasteiger partial charge in [-0.3, -0.25) is 4.79 Å². The van der Waals surface area contributed by atoms with Gasteiger partial charge in [0.25, 0.3) is 5.91 Å². The number of rotatable bonds is 5. The third-order valence-corrected chi connectivity index (χ3v) is 3.31. The van der Waals surface area contributed by atoms with Crippen LogP contribution in [-0.4, -0.2) is 29.8 Å². The molecule has 19 heavy (non-hydrogen) atoms. The molecular formula is C13H15F2NO3. The van der Waals surface area contributed by atoms with Crippen molar-refractivity contribution in [2.24, 2.45) is 0 Å². The summed E-state index contributed by atoms with van der Waals surface area (Å²) in [5, 5.41) is 12.0. The Morgan fingerprint density at radius 1 is 1.47 bits per heavy atom. The Hall–Kier alpha value is -1.69. The number of carbonyl (C=O) groups excluding carboxylic acids is 1. The lowest BCUT2D eigenvalue weighted by Crippen LogP contribution is -2.56. The summed E-state index contributed by atoms with van der Waals surface area (Å²) in [6, 6.07) is 5.59. The van der Waals surface area contributed by atoms with Crippen LogP contribution in [0.15, 0.2) is 24.3 Å². The van der Waals surface area contributed by atoms with Crippen molar-refractivity contribution in [2.45, 2.75) is 31.4 Å². The zero-order valence-corrected chi connectivity index (χ0v) is 10.2. The van der Waals surface area contributed by atoms with Crippen LogP contribution in [0.3, 0.4) is 0 Å². The van der Waals surface area contributed by atoms with E-state index in [1.54, 1.807) is 0 Å². The van der Waals surface area contributed by atoms with E-state index in [0.717, 1.165) is 19.3 Å². The molecule has 0 aliphatic heterocycles. The lowest BCUT2D eigenvalue weighted by molar-refractivity contribution is -0.0498. The van der Waals surface area contributed by atoms with E-state index in [0.29, 0.717) is 0 Å². The van der Waals surface area contributed by atoms with Crippen molar-refractivity contribution in [3.8, 4) is 5.75 Å². The van der Waals surface area contributed by atoms with Gasteiger partial charge in [-0.05, 0) is 37.5 Å². The predicted molar refractivity (Wildman–Crippen MR) is 64.2 cm³/mol. The van der Waals surface area contributed by atoms with Gasteiger partial charge in [0, 0.05) is 5.56 Å². The molecule has 0 radical (unpaired) electrons. The number of alkyl halides is 2. The maximum absolute atomic E-state index is 12.1. The highest BCUT2D eigenvalue weighted by Crippen LogP contribution is 2.31. The zero-order chi connectivity index (χ0) is 13.9. The van der Waals surface area contributed by atoms with Crippen molar-refractivity contribution in [1.82, 2.24) is 5.32 Å². The summed E-state index contributed by atoms with van der Waals surface area (Å²) in [6.07, 6.45) is 2.40. The quantitative estimate of drug-likeness (QED) is 0.860. The Morgan fingerprint density at radius 3 is 2.74 bits per heavy atom. The van der Waals surface area contributed by atoms with Crippen LogP contribution in [0.4, 0.5) is 8.78 Å². The normalized spacial score (nSPS) is 16.8. The lowest BCUT2D eigenvalue weighted by Gasteiger charge is -2.40. The minimum atomic E-state index is -2.92. The predicted octanol–water partition coefficient (Wildman–Crippen LogP) is 1.93. The molecule has 4 nitrogen and oxygen atoms in total. The van der Waals surface area contributed by atoms with Crippen molar-refractivity contribution >= 4 is 5.91 Å². The van der Waals surface area contributed by atoms with Crippen LogP contribution in [0, 0.1) is 0 Å². The molecule has 1 aromatic rings. The van der Waals surface area contributed by atoms with E-state index in [2.05, 4.69) is 10.1 Å². The molecule has 2 N–H and O–H groups in total. The number of aliphatic hydroxyl groups is 1. The van der Waals surface area contributed by atoms with E-state index in [9.17, 15) is 18.7 Å². The summed E-state index contributed by atoms with van der Waals surface area (Å²) in [5.41, 5.74) is -0.325. The fourth-order valence-electron chi connectivity index (χ4n) is 2.05. The minimum absolute atomic E-state index is 0.0608. The number of benzene rings is 1. The van der Waals surface area contributed by atoms with Gasteiger partial charge < -0.3 is 15.2 Å². The molecule has 104 valence electrons. The summed E-state index contributed by atoms with van der Waals surface area (Å²) < 4.78 is 28.4. The first-order valence-corrected chi connectivity index (χ1v) is 6.03. The first-order chi connectivity index (χ1) is 9.04. The Bertz CT molecular complexity index is 455. The standard InChI is InChI=1S/C13H15F2NO3/c14-12(15)19-10-4-1-3-9(7-10)11(18)16-13(8-17)5-2-6-13/h1,3-4,7,12,17H,2,5-6,8H2,(H,16,18). The van der Waals surface area contributed by atoms with Gasteiger partial charge >= 0.3 is 6.61 Å². The Morgan fingerprint density at radius 2 is 2.21 bits per heavy atom. The third kappa shape index (κ3) is 3.20. The number of carbonyl (C=O) groups is 1. The highest BCUT2D eigenvalue weighted by atomic mass is 19.3. The number of amides is 1. The average molecular weight is 271 g/mol. The summed E-state index contributed by atoms with van der Waals surface area (Å²) in [4.78, 5) is 12.0. The van der Waals surface area contributed by atoms with E-state index in [-0.39, 0.29) is 17.9 Å². The van der Waals surface area contributed by atoms with Crippen molar-refractivity contribution in [3.05, 3.63) is 29.8 Å². The molecule has 0 aromatic heterocycles. The van der Waals surface area contributed by atoms with Crippen molar-refractivity contribution in [3.63, 3.8) is 0 Å². The summed E-state index contributed by atoms with van der Waals surface area (Å²) >= 11 is 0. The zero-order valence-electron chi connectivity index (χ0n) is 10.2. The average Bonchev–Trinajstić information content (AvgIpc) is 2.33. The van der Waals surface area contributed by atoms with E-state index >= 15 is 0 Å². The van der Waals surface area contributed by atoms with Crippen LogP contribution in [0.5, 0.6) is 5.75 Å². The first-order valence-electron chi connectivity index (χ1n) is 6.03. The van der Waals surface area contributed by atoms with Gasteiger partial charge in [0.05, 0.1) is 12.1 Å². The maximum atomic E-state index is 12.1. The summed E-state index contributed by atoms with van der Waals surface area (Å²) in [5.74, 6) is -0.456. The van der Waals surface area contributed by atoms with E-state index < -0.39 is 18.1 Å². The first kappa shape index (κ1) is 13.7. The van der Waals surface area contributed by atoms with Gasteiger partial charge in [-0.2, -0.15) is 8.78 Å². The molecule has 1 aliphatic carbocycles. The Balaban J connectivity index is 2.06. The largest absolute Gasteiger partial charge is 0.435 e. The van der Waals surface area contributed by atoms with E-state index in [1.165, 1.54) is 24.3 Å². The van der Waals surface area contributed by atoms with Gasteiger partial charge in [0.2, 0.25) is 0 Å². The van der Waals surface area contributed by atoms with Crippen LogP contribution in [0.2, 0.25) is 0 Å². The van der Waals surface area contributed by atoms with Crippen LogP contribution in [0.1, 0.15) is 29.6 Å². The molecule has 0 bridgehead atoms. The number of hydrogen-bond acceptors (Lipinski definition) is 3.